The molecule has 1 rings (SSSR count). The Morgan fingerprint density at radius 2 is 1.90 bits per heavy atom. The Kier molecular flexibility index (Phi) is 6.03. The number of ether oxygens (including phenoxy) is 1. The molecule has 1 aromatic carbocycles. The zero-order valence-electron chi connectivity index (χ0n) is 10.8. The molecule has 0 fully saturated rings. The SMILES string of the molecule is CS(=O)(=O)Nc1ccc(C(=O)CCOCC(F)F)cc1. The van der Waals surface area contributed by atoms with Gasteiger partial charge in [0.15, 0.2) is 5.78 Å². The normalized spacial score (nSPS) is 11.6. The van der Waals surface area contributed by atoms with Crippen LogP contribution in [0.1, 0.15) is 16.8 Å². The molecule has 0 bridgehead atoms. The van der Waals surface area contributed by atoms with E-state index >= 15 is 0 Å². The standard InChI is InChI=1S/C12H15F2NO4S/c1-20(17,18)15-10-4-2-9(3-5-10)11(16)6-7-19-8-12(13)14/h2-5,12,15H,6-8H2,1H3. The second kappa shape index (κ2) is 7.30. The molecule has 0 radical (unpaired) electrons. The van der Waals surface area contributed by atoms with Gasteiger partial charge in [0.05, 0.1) is 12.9 Å². The Hall–Kier alpha value is -1.54. The van der Waals surface area contributed by atoms with Crippen molar-refractivity contribution in [3.8, 4) is 0 Å². The van der Waals surface area contributed by atoms with Gasteiger partial charge in [0.2, 0.25) is 10.0 Å². The largest absolute Gasteiger partial charge is 0.375 e. The van der Waals surface area contributed by atoms with Gasteiger partial charge in [-0.1, -0.05) is 0 Å². The molecular weight excluding hydrogens is 292 g/mol. The fourth-order valence-electron chi connectivity index (χ4n) is 1.42. The van der Waals surface area contributed by atoms with Gasteiger partial charge in [-0.05, 0) is 24.3 Å². The van der Waals surface area contributed by atoms with E-state index in [1.165, 1.54) is 24.3 Å². The van der Waals surface area contributed by atoms with Crippen LogP contribution in [0.15, 0.2) is 24.3 Å². The zero-order valence-corrected chi connectivity index (χ0v) is 11.6. The van der Waals surface area contributed by atoms with Crippen LogP contribution in [0.4, 0.5) is 14.5 Å². The van der Waals surface area contributed by atoms with Crippen LogP contribution < -0.4 is 4.72 Å². The van der Waals surface area contributed by atoms with Crippen LogP contribution in [0.2, 0.25) is 0 Å². The fourth-order valence-corrected chi connectivity index (χ4v) is 1.98. The lowest BCUT2D eigenvalue weighted by molar-refractivity contribution is 0.0170. The molecule has 0 aliphatic carbocycles. The smallest absolute Gasteiger partial charge is 0.261 e. The van der Waals surface area contributed by atoms with E-state index in [9.17, 15) is 22.0 Å². The third kappa shape index (κ3) is 6.58. The van der Waals surface area contributed by atoms with E-state index in [1.807, 2.05) is 0 Å². The Morgan fingerprint density at radius 3 is 2.40 bits per heavy atom. The lowest BCUT2D eigenvalue weighted by atomic mass is 10.1. The molecule has 0 spiro atoms. The highest BCUT2D eigenvalue weighted by molar-refractivity contribution is 7.92. The third-order valence-electron chi connectivity index (χ3n) is 2.23. The molecule has 0 aliphatic rings. The van der Waals surface area contributed by atoms with Gasteiger partial charge < -0.3 is 4.74 Å². The Balaban J connectivity index is 2.49. The number of nitrogens with one attached hydrogen (secondary N) is 1. The van der Waals surface area contributed by atoms with E-state index in [2.05, 4.69) is 9.46 Å². The third-order valence-corrected chi connectivity index (χ3v) is 2.83. The van der Waals surface area contributed by atoms with E-state index < -0.39 is 23.1 Å². The molecular formula is C12H15F2NO4S. The summed E-state index contributed by atoms with van der Waals surface area (Å²) in [5.74, 6) is -0.259. The number of sulfonamides is 1. The molecule has 112 valence electrons. The molecule has 0 aliphatic heterocycles. The molecule has 0 amide bonds. The molecule has 5 nitrogen and oxygen atoms in total. The van der Waals surface area contributed by atoms with Gasteiger partial charge in [0.25, 0.3) is 6.43 Å². The number of ketones is 1. The number of carbonyl (C=O) groups excluding carboxylic acids is 1. The van der Waals surface area contributed by atoms with Gasteiger partial charge in [-0.3, -0.25) is 9.52 Å². The molecule has 0 aromatic heterocycles. The zero-order chi connectivity index (χ0) is 15.2. The van der Waals surface area contributed by atoms with E-state index in [0.29, 0.717) is 11.3 Å². The van der Waals surface area contributed by atoms with Crippen LogP contribution in [0, 0.1) is 0 Å². The van der Waals surface area contributed by atoms with Crippen molar-refractivity contribution in [1.82, 2.24) is 0 Å². The molecule has 0 saturated carbocycles. The lowest BCUT2D eigenvalue weighted by Crippen LogP contribution is -2.11. The molecule has 0 atom stereocenters. The highest BCUT2D eigenvalue weighted by atomic mass is 32.2. The van der Waals surface area contributed by atoms with Crippen LogP contribution >= 0.6 is 0 Å². The van der Waals surface area contributed by atoms with Crippen LogP contribution in [0.25, 0.3) is 0 Å². The number of rotatable bonds is 8. The second-order valence-corrected chi connectivity index (χ2v) is 5.84. The summed E-state index contributed by atoms with van der Waals surface area (Å²) in [4.78, 5) is 11.7. The Bertz CT molecular complexity index is 543. The van der Waals surface area contributed by atoms with Crippen molar-refractivity contribution in [3.05, 3.63) is 29.8 Å². The van der Waals surface area contributed by atoms with Crippen molar-refractivity contribution in [2.75, 3.05) is 24.2 Å². The summed E-state index contributed by atoms with van der Waals surface area (Å²) in [5.41, 5.74) is 0.711. The lowest BCUT2D eigenvalue weighted by Gasteiger charge is -2.06. The predicted octanol–water partition coefficient (Wildman–Crippen LogP) is 1.91. The van der Waals surface area contributed by atoms with Crippen molar-refractivity contribution in [3.63, 3.8) is 0 Å². The number of hydrogen-bond acceptors (Lipinski definition) is 4. The number of hydrogen-bond donors (Lipinski definition) is 1. The first-order valence-electron chi connectivity index (χ1n) is 5.75. The highest BCUT2D eigenvalue weighted by Gasteiger charge is 2.08. The summed E-state index contributed by atoms with van der Waals surface area (Å²) in [5, 5.41) is 0. The maximum Gasteiger partial charge on any atom is 0.261 e. The van der Waals surface area contributed by atoms with Crippen LogP contribution in [0.5, 0.6) is 0 Å². The first kappa shape index (κ1) is 16.5. The van der Waals surface area contributed by atoms with Gasteiger partial charge in [-0.25, -0.2) is 17.2 Å². The maximum absolute atomic E-state index is 11.8. The van der Waals surface area contributed by atoms with Gasteiger partial charge in [-0.2, -0.15) is 0 Å². The number of carbonyl (C=O) groups is 1. The number of Topliss-reactive ketones (excluding diaryl/α,β-unsaturated/α-hetero) is 1. The summed E-state index contributed by atoms with van der Waals surface area (Å²) >= 11 is 0. The number of halogens is 2. The summed E-state index contributed by atoms with van der Waals surface area (Å²) < 4.78 is 52.5. The topological polar surface area (TPSA) is 72.5 Å². The quantitative estimate of drug-likeness (QED) is 0.588. The van der Waals surface area contributed by atoms with Gasteiger partial charge >= 0.3 is 0 Å². The molecule has 0 saturated heterocycles. The monoisotopic (exact) mass is 307 g/mol. The fraction of sp³-hybridized carbons (Fsp3) is 0.417. The minimum absolute atomic E-state index is 0.00836. The van der Waals surface area contributed by atoms with E-state index in [4.69, 9.17) is 0 Å². The van der Waals surface area contributed by atoms with E-state index in [1.54, 1.807) is 0 Å². The van der Waals surface area contributed by atoms with E-state index in [0.717, 1.165) is 6.26 Å². The van der Waals surface area contributed by atoms with Crippen molar-refractivity contribution >= 4 is 21.5 Å². The maximum atomic E-state index is 11.8. The summed E-state index contributed by atoms with van der Waals surface area (Å²) in [6.45, 7) is -0.767. The molecule has 0 heterocycles. The summed E-state index contributed by atoms with van der Waals surface area (Å²) in [6, 6.07) is 5.83. The van der Waals surface area contributed by atoms with Crippen molar-refractivity contribution < 1.29 is 26.7 Å². The van der Waals surface area contributed by atoms with Crippen LogP contribution in [-0.2, 0) is 14.8 Å². The summed E-state index contributed by atoms with van der Waals surface area (Å²) in [7, 11) is -3.36. The number of anilines is 1. The Labute approximate surface area is 116 Å². The Morgan fingerprint density at radius 1 is 1.30 bits per heavy atom. The molecule has 0 unspecified atom stereocenters. The molecule has 1 aromatic rings. The highest BCUT2D eigenvalue weighted by Crippen LogP contribution is 2.12. The van der Waals surface area contributed by atoms with Crippen molar-refractivity contribution in [2.45, 2.75) is 12.8 Å². The van der Waals surface area contributed by atoms with Crippen molar-refractivity contribution in [1.29, 1.82) is 0 Å². The molecule has 1 N–H and O–H groups in total. The van der Waals surface area contributed by atoms with Gasteiger partial charge in [0.1, 0.15) is 6.61 Å². The van der Waals surface area contributed by atoms with Gasteiger partial charge in [-0.15, -0.1) is 0 Å². The molecule has 20 heavy (non-hydrogen) atoms. The average molecular weight is 307 g/mol. The first-order valence-corrected chi connectivity index (χ1v) is 7.64. The minimum Gasteiger partial charge on any atom is -0.375 e. The summed E-state index contributed by atoms with van der Waals surface area (Å²) in [6.07, 6.45) is -1.54. The average Bonchev–Trinajstić information content (AvgIpc) is 2.33. The minimum atomic E-state index is -3.36. The predicted molar refractivity (Wildman–Crippen MR) is 70.7 cm³/mol. The second-order valence-electron chi connectivity index (χ2n) is 4.09. The number of benzene rings is 1. The molecule has 8 heteroatoms. The van der Waals surface area contributed by atoms with E-state index in [-0.39, 0.29) is 18.8 Å². The first-order chi connectivity index (χ1) is 9.28. The van der Waals surface area contributed by atoms with Crippen molar-refractivity contribution in [2.24, 2.45) is 0 Å². The van der Waals surface area contributed by atoms with Crippen LogP contribution in [0.3, 0.4) is 0 Å². The van der Waals surface area contributed by atoms with Crippen LogP contribution in [-0.4, -0.2) is 40.1 Å². The van der Waals surface area contributed by atoms with Gasteiger partial charge in [0, 0.05) is 17.7 Å². The number of alkyl halides is 2.